The van der Waals surface area contributed by atoms with Crippen molar-refractivity contribution in [2.75, 3.05) is 26.2 Å². The van der Waals surface area contributed by atoms with Crippen molar-refractivity contribution in [3.63, 3.8) is 0 Å². The number of thioether (sulfide) groups is 1. The fourth-order valence-electron chi connectivity index (χ4n) is 2.12. The topological polar surface area (TPSA) is 32.3 Å². The van der Waals surface area contributed by atoms with E-state index in [-0.39, 0.29) is 5.92 Å². The molecule has 3 nitrogen and oxygen atoms in total. The van der Waals surface area contributed by atoms with Gasteiger partial charge in [-0.25, -0.2) is 0 Å². The number of carbonyl (C=O) groups excluding carboxylic acids is 1. The van der Waals surface area contributed by atoms with Gasteiger partial charge in [0.2, 0.25) is 5.91 Å². The molecule has 0 aromatic heterocycles. The van der Waals surface area contributed by atoms with E-state index >= 15 is 0 Å². The molecule has 1 N–H and O–H groups in total. The lowest BCUT2D eigenvalue weighted by atomic mass is 10.1. The second-order valence-electron chi connectivity index (χ2n) is 4.71. The molecule has 1 aliphatic rings. The van der Waals surface area contributed by atoms with Crippen LogP contribution < -0.4 is 5.32 Å². The van der Waals surface area contributed by atoms with Gasteiger partial charge in [-0.2, -0.15) is 11.8 Å². The molecule has 1 fully saturated rings. The van der Waals surface area contributed by atoms with E-state index in [4.69, 9.17) is 0 Å². The predicted octanol–water partition coefficient (Wildman–Crippen LogP) is 1.58. The van der Waals surface area contributed by atoms with E-state index in [9.17, 15) is 4.79 Å². The van der Waals surface area contributed by atoms with E-state index in [0.717, 1.165) is 26.2 Å². The molecule has 16 heavy (non-hydrogen) atoms. The summed E-state index contributed by atoms with van der Waals surface area (Å²) in [5, 5.41) is 4.37. The molecule has 0 radical (unpaired) electrons. The number of amides is 1. The highest BCUT2D eigenvalue weighted by atomic mass is 32.2. The average Bonchev–Trinajstić information content (AvgIpc) is 2.23. The van der Waals surface area contributed by atoms with Crippen molar-refractivity contribution in [2.24, 2.45) is 5.92 Å². The van der Waals surface area contributed by atoms with Crippen molar-refractivity contribution >= 4 is 17.7 Å². The molecule has 4 heteroatoms. The highest BCUT2D eigenvalue weighted by molar-refractivity contribution is 8.00. The summed E-state index contributed by atoms with van der Waals surface area (Å²) >= 11 is 1.98. The lowest BCUT2D eigenvalue weighted by Crippen LogP contribution is -2.47. The number of hydrogen-bond acceptors (Lipinski definition) is 3. The Morgan fingerprint density at radius 2 is 2.00 bits per heavy atom. The molecule has 3 atom stereocenters. The van der Waals surface area contributed by atoms with Crippen molar-refractivity contribution in [1.82, 2.24) is 10.2 Å². The summed E-state index contributed by atoms with van der Waals surface area (Å²) in [6.07, 6.45) is 0. The molecular weight excluding hydrogens is 220 g/mol. The smallest absolute Gasteiger partial charge is 0.226 e. The average molecular weight is 244 g/mol. The maximum Gasteiger partial charge on any atom is 0.226 e. The fraction of sp³-hybridized carbons (Fsp3) is 0.917. The van der Waals surface area contributed by atoms with Crippen LogP contribution in [0.1, 0.15) is 27.7 Å². The molecule has 3 unspecified atom stereocenters. The van der Waals surface area contributed by atoms with Crippen molar-refractivity contribution in [3.8, 4) is 0 Å². The van der Waals surface area contributed by atoms with Crippen LogP contribution in [0, 0.1) is 5.92 Å². The zero-order valence-corrected chi connectivity index (χ0v) is 11.6. The third kappa shape index (κ3) is 3.98. The highest BCUT2D eigenvalue weighted by Crippen LogP contribution is 2.25. The molecule has 0 bridgehead atoms. The molecule has 1 heterocycles. The minimum atomic E-state index is 0.0995. The summed E-state index contributed by atoms with van der Waals surface area (Å²) in [5.74, 6) is 0.405. The minimum Gasteiger partial charge on any atom is -0.340 e. The molecule has 1 saturated heterocycles. The van der Waals surface area contributed by atoms with Crippen LogP contribution in [-0.4, -0.2) is 47.5 Å². The van der Waals surface area contributed by atoms with Crippen molar-refractivity contribution in [1.29, 1.82) is 0 Å². The third-order valence-corrected chi connectivity index (χ3v) is 4.08. The van der Waals surface area contributed by atoms with Gasteiger partial charge in [-0.1, -0.05) is 27.7 Å². The summed E-state index contributed by atoms with van der Waals surface area (Å²) in [6.45, 7) is 12.0. The molecule has 0 aromatic rings. The summed E-state index contributed by atoms with van der Waals surface area (Å²) in [7, 11) is 0. The van der Waals surface area contributed by atoms with Crippen LogP contribution in [0.2, 0.25) is 0 Å². The lowest BCUT2D eigenvalue weighted by molar-refractivity contribution is -0.135. The van der Waals surface area contributed by atoms with Crippen LogP contribution in [0.5, 0.6) is 0 Å². The van der Waals surface area contributed by atoms with E-state index in [2.05, 4.69) is 26.1 Å². The first-order valence-corrected chi connectivity index (χ1v) is 7.13. The molecule has 1 aliphatic heterocycles. The Labute approximate surface area is 103 Å². The monoisotopic (exact) mass is 244 g/mol. The molecule has 1 rings (SSSR count). The molecule has 0 saturated carbocycles. The zero-order valence-electron chi connectivity index (χ0n) is 10.8. The summed E-state index contributed by atoms with van der Waals surface area (Å²) in [6, 6.07) is 0. The Morgan fingerprint density at radius 1 is 1.44 bits per heavy atom. The highest BCUT2D eigenvalue weighted by Gasteiger charge is 2.28. The Morgan fingerprint density at radius 3 is 2.50 bits per heavy atom. The SMILES string of the molecule is CCNCC(C)C(=O)N1CC(C)SC(C)C1. The normalized spacial score (nSPS) is 27.9. The van der Waals surface area contributed by atoms with Crippen molar-refractivity contribution in [3.05, 3.63) is 0 Å². The molecule has 1 amide bonds. The van der Waals surface area contributed by atoms with Crippen molar-refractivity contribution in [2.45, 2.75) is 38.2 Å². The molecule has 0 aromatic carbocycles. The standard InChI is InChI=1S/C12H24N2OS/c1-5-13-6-9(2)12(15)14-7-10(3)16-11(4)8-14/h9-11,13H,5-8H2,1-4H3. The first kappa shape index (κ1) is 13.8. The Bertz CT molecular complexity index is 225. The van der Waals surface area contributed by atoms with Crippen LogP contribution in [0.4, 0.5) is 0 Å². The van der Waals surface area contributed by atoms with Gasteiger partial charge in [-0.05, 0) is 6.54 Å². The lowest BCUT2D eigenvalue weighted by Gasteiger charge is -2.36. The van der Waals surface area contributed by atoms with Gasteiger partial charge in [0.1, 0.15) is 0 Å². The van der Waals surface area contributed by atoms with Crippen LogP contribution in [0.15, 0.2) is 0 Å². The van der Waals surface area contributed by atoms with Gasteiger partial charge in [0.05, 0.1) is 0 Å². The van der Waals surface area contributed by atoms with Gasteiger partial charge in [-0.15, -0.1) is 0 Å². The van der Waals surface area contributed by atoms with Gasteiger partial charge in [0.15, 0.2) is 0 Å². The van der Waals surface area contributed by atoms with Crippen LogP contribution in [-0.2, 0) is 4.79 Å². The molecule has 0 spiro atoms. The largest absolute Gasteiger partial charge is 0.340 e. The first-order valence-electron chi connectivity index (χ1n) is 6.19. The van der Waals surface area contributed by atoms with E-state index < -0.39 is 0 Å². The third-order valence-electron chi connectivity index (χ3n) is 2.85. The maximum absolute atomic E-state index is 12.2. The van der Waals surface area contributed by atoms with Gasteiger partial charge in [0.25, 0.3) is 0 Å². The number of hydrogen-bond donors (Lipinski definition) is 1. The van der Waals surface area contributed by atoms with E-state index in [1.807, 2.05) is 23.6 Å². The molecule has 0 aliphatic carbocycles. The predicted molar refractivity (Wildman–Crippen MR) is 70.8 cm³/mol. The van der Waals surface area contributed by atoms with Gasteiger partial charge < -0.3 is 10.2 Å². The van der Waals surface area contributed by atoms with Crippen LogP contribution >= 0.6 is 11.8 Å². The summed E-state index contributed by atoms with van der Waals surface area (Å²) in [5.41, 5.74) is 0. The molecule has 94 valence electrons. The number of nitrogens with one attached hydrogen (secondary N) is 1. The fourth-order valence-corrected chi connectivity index (χ4v) is 3.44. The van der Waals surface area contributed by atoms with Crippen LogP contribution in [0.3, 0.4) is 0 Å². The van der Waals surface area contributed by atoms with E-state index in [1.165, 1.54) is 0 Å². The van der Waals surface area contributed by atoms with Gasteiger partial charge in [-0.3, -0.25) is 4.79 Å². The molecular formula is C12H24N2OS. The number of carbonyl (C=O) groups is 1. The Kier molecular flexibility index (Phi) is 5.62. The first-order chi connectivity index (χ1) is 7.54. The van der Waals surface area contributed by atoms with Crippen molar-refractivity contribution < 1.29 is 4.79 Å². The minimum absolute atomic E-state index is 0.0995. The summed E-state index contributed by atoms with van der Waals surface area (Å²) < 4.78 is 0. The van der Waals surface area contributed by atoms with E-state index in [1.54, 1.807) is 0 Å². The van der Waals surface area contributed by atoms with E-state index in [0.29, 0.717) is 16.4 Å². The summed E-state index contributed by atoms with van der Waals surface area (Å²) in [4.78, 5) is 14.2. The maximum atomic E-state index is 12.2. The zero-order chi connectivity index (χ0) is 12.1. The quantitative estimate of drug-likeness (QED) is 0.815. The van der Waals surface area contributed by atoms with Crippen LogP contribution in [0.25, 0.3) is 0 Å². The van der Waals surface area contributed by atoms with Gasteiger partial charge >= 0.3 is 0 Å². The second-order valence-corrected chi connectivity index (χ2v) is 6.59. The number of nitrogens with zero attached hydrogens (tertiary/aromatic N) is 1. The number of rotatable bonds is 4. The Hall–Kier alpha value is -0.220. The van der Waals surface area contributed by atoms with Gasteiger partial charge in [0, 0.05) is 36.1 Å². The second kappa shape index (κ2) is 6.50. The Balaban J connectivity index is 2.45.